The lowest BCUT2D eigenvalue weighted by Crippen LogP contribution is -1.96. The Morgan fingerprint density at radius 3 is 2.09 bits per heavy atom. The van der Waals surface area contributed by atoms with E-state index in [1.54, 1.807) is 36.4 Å². The Balaban J connectivity index is 2.09. The summed E-state index contributed by atoms with van der Waals surface area (Å²) in [5.41, 5.74) is 2.62. The predicted octanol–water partition coefficient (Wildman–Crippen LogP) is 5.28. The number of hydrogen-bond acceptors (Lipinski definition) is 3. The highest BCUT2D eigenvalue weighted by molar-refractivity contribution is 7.90. The maximum absolute atomic E-state index is 13.1. The number of halogens is 2. The highest BCUT2D eigenvalue weighted by Crippen LogP contribution is 2.41. The molecule has 0 saturated heterocycles. The molecule has 2 aromatic carbocycles. The summed E-state index contributed by atoms with van der Waals surface area (Å²) in [4.78, 5) is 1.19. The van der Waals surface area contributed by atoms with Crippen LogP contribution in [0.3, 0.4) is 0 Å². The Kier molecular flexibility index (Phi) is 4.27. The summed E-state index contributed by atoms with van der Waals surface area (Å²) in [5, 5.41) is 0. The third-order valence-electron chi connectivity index (χ3n) is 3.40. The maximum atomic E-state index is 13.1. The van der Waals surface area contributed by atoms with E-state index in [0.29, 0.717) is 4.34 Å². The van der Waals surface area contributed by atoms with Crippen molar-refractivity contribution < 1.29 is 12.8 Å². The van der Waals surface area contributed by atoms with Crippen molar-refractivity contribution in [3.63, 3.8) is 0 Å². The van der Waals surface area contributed by atoms with Crippen LogP contribution < -0.4 is 0 Å². The summed E-state index contributed by atoms with van der Waals surface area (Å²) in [7, 11) is -3.23. The molecule has 0 radical (unpaired) electrons. The fourth-order valence-electron chi connectivity index (χ4n) is 2.27. The minimum absolute atomic E-state index is 0.271. The van der Waals surface area contributed by atoms with Crippen molar-refractivity contribution in [2.45, 2.75) is 4.90 Å². The second-order valence-corrected chi connectivity index (χ2v) is 8.80. The first-order chi connectivity index (χ1) is 10.8. The van der Waals surface area contributed by atoms with Gasteiger partial charge in [0.05, 0.1) is 9.23 Å². The van der Waals surface area contributed by atoms with Crippen LogP contribution >= 0.6 is 22.9 Å². The normalized spacial score (nSPS) is 11.6. The van der Waals surface area contributed by atoms with Crippen molar-refractivity contribution in [1.82, 2.24) is 0 Å². The van der Waals surface area contributed by atoms with Gasteiger partial charge in [-0.15, -0.1) is 11.3 Å². The molecule has 0 atom stereocenters. The van der Waals surface area contributed by atoms with Crippen LogP contribution in [0.2, 0.25) is 4.34 Å². The average Bonchev–Trinajstić information content (AvgIpc) is 2.89. The molecule has 118 valence electrons. The van der Waals surface area contributed by atoms with Crippen molar-refractivity contribution in [2.75, 3.05) is 6.26 Å². The van der Waals surface area contributed by atoms with Gasteiger partial charge in [-0.1, -0.05) is 35.9 Å². The topological polar surface area (TPSA) is 34.1 Å². The molecule has 3 aromatic rings. The van der Waals surface area contributed by atoms with E-state index in [9.17, 15) is 12.8 Å². The summed E-state index contributed by atoms with van der Waals surface area (Å²) < 4.78 is 36.8. The van der Waals surface area contributed by atoms with Crippen LogP contribution in [-0.2, 0) is 9.84 Å². The van der Waals surface area contributed by atoms with Crippen LogP contribution in [0.15, 0.2) is 59.5 Å². The Morgan fingerprint density at radius 2 is 1.52 bits per heavy atom. The molecule has 0 aliphatic heterocycles. The molecule has 0 spiro atoms. The number of rotatable bonds is 3. The van der Waals surface area contributed by atoms with Crippen LogP contribution in [-0.4, -0.2) is 14.7 Å². The van der Waals surface area contributed by atoms with E-state index in [4.69, 9.17) is 11.6 Å². The molecule has 1 aromatic heterocycles. The van der Waals surface area contributed by atoms with Crippen molar-refractivity contribution in [2.24, 2.45) is 0 Å². The summed E-state index contributed by atoms with van der Waals surface area (Å²) >= 11 is 7.55. The molecule has 0 unspecified atom stereocenters. The van der Waals surface area contributed by atoms with Crippen LogP contribution in [0.1, 0.15) is 0 Å². The minimum atomic E-state index is -3.23. The van der Waals surface area contributed by atoms with Gasteiger partial charge in [0.15, 0.2) is 9.84 Å². The summed E-state index contributed by atoms with van der Waals surface area (Å²) in [6.07, 6.45) is 1.17. The fraction of sp³-hybridized carbons (Fsp3) is 0.0588. The lowest BCUT2D eigenvalue weighted by atomic mass is 10.0. The van der Waals surface area contributed by atoms with Gasteiger partial charge >= 0.3 is 0 Å². The summed E-state index contributed by atoms with van der Waals surface area (Å²) in [6, 6.07) is 14.7. The van der Waals surface area contributed by atoms with E-state index in [1.165, 1.54) is 29.7 Å². The minimum Gasteiger partial charge on any atom is -0.224 e. The van der Waals surface area contributed by atoms with Crippen LogP contribution in [0.25, 0.3) is 21.6 Å². The van der Waals surface area contributed by atoms with Gasteiger partial charge in [-0.25, -0.2) is 12.8 Å². The average molecular weight is 367 g/mol. The zero-order chi connectivity index (χ0) is 16.6. The van der Waals surface area contributed by atoms with Gasteiger partial charge in [-0.2, -0.15) is 0 Å². The first-order valence-corrected chi connectivity index (χ1v) is 9.79. The largest absolute Gasteiger partial charge is 0.224 e. The molecule has 0 aliphatic rings. The van der Waals surface area contributed by atoms with E-state index in [2.05, 4.69) is 0 Å². The molecule has 2 nitrogen and oxygen atoms in total. The van der Waals surface area contributed by atoms with Crippen LogP contribution in [0, 0.1) is 5.82 Å². The van der Waals surface area contributed by atoms with E-state index in [0.717, 1.165) is 21.6 Å². The Hall–Kier alpha value is -1.69. The van der Waals surface area contributed by atoms with Gasteiger partial charge in [0.1, 0.15) is 5.82 Å². The van der Waals surface area contributed by atoms with Crippen molar-refractivity contribution in [3.05, 3.63) is 64.8 Å². The first-order valence-electron chi connectivity index (χ1n) is 6.70. The van der Waals surface area contributed by atoms with Gasteiger partial charge in [0.25, 0.3) is 0 Å². The number of hydrogen-bond donors (Lipinski definition) is 0. The predicted molar refractivity (Wildman–Crippen MR) is 93.3 cm³/mol. The molecule has 0 aliphatic carbocycles. The van der Waals surface area contributed by atoms with E-state index in [-0.39, 0.29) is 10.7 Å². The molecule has 0 bridgehead atoms. The van der Waals surface area contributed by atoms with E-state index in [1.807, 2.05) is 6.07 Å². The lowest BCUT2D eigenvalue weighted by Gasteiger charge is -2.05. The first kappa shape index (κ1) is 16.2. The zero-order valence-corrected chi connectivity index (χ0v) is 14.5. The molecule has 0 amide bonds. The quantitative estimate of drug-likeness (QED) is 0.632. The zero-order valence-electron chi connectivity index (χ0n) is 12.1. The van der Waals surface area contributed by atoms with Gasteiger partial charge in [-0.3, -0.25) is 0 Å². The van der Waals surface area contributed by atoms with Crippen LogP contribution in [0.5, 0.6) is 0 Å². The third-order valence-corrected chi connectivity index (χ3v) is 5.84. The monoisotopic (exact) mass is 366 g/mol. The number of sulfone groups is 1. The molecule has 23 heavy (non-hydrogen) atoms. The molecule has 0 N–H and O–H groups in total. The lowest BCUT2D eigenvalue weighted by molar-refractivity contribution is 0.602. The molecular weight excluding hydrogens is 355 g/mol. The Bertz CT molecular complexity index is 943. The van der Waals surface area contributed by atoms with Gasteiger partial charge in [0.2, 0.25) is 0 Å². The maximum Gasteiger partial charge on any atom is 0.175 e. The van der Waals surface area contributed by atoms with Gasteiger partial charge in [0, 0.05) is 16.7 Å². The summed E-state index contributed by atoms with van der Waals surface area (Å²) in [6.45, 7) is 0. The molecular formula is C17H12ClFO2S2. The summed E-state index contributed by atoms with van der Waals surface area (Å²) in [5.74, 6) is -0.297. The van der Waals surface area contributed by atoms with Gasteiger partial charge in [-0.05, 0) is 41.5 Å². The van der Waals surface area contributed by atoms with E-state index < -0.39 is 9.84 Å². The smallest absolute Gasteiger partial charge is 0.175 e. The molecule has 0 saturated carbocycles. The number of benzene rings is 2. The number of thiophene rings is 1. The van der Waals surface area contributed by atoms with Gasteiger partial charge < -0.3 is 0 Å². The Morgan fingerprint density at radius 1 is 0.957 bits per heavy atom. The molecule has 0 fully saturated rings. The van der Waals surface area contributed by atoms with Crippen molar-refractivity contribution in [1.29, 1.82) is 0 Å². The molecule has 1 heterocycles. The second-order valence-electron chi connectivity index (χ2n) is 5.10. The van der Waals surface area contributed by atoms with Crippen molar-refractivity contribution in [3.8, 4) is 21.6 Å². The van der Waals surface area contributed by atoms with Crippen LogP contribution in [0.4, 0.5) is 4.39 Å². The SMILES string of the molecule is CS(=O)(=O)c1ccc(-c2sc(Cl)cc2-c2ccc(F)cc2)cc1. The van der Waals surface area contributed by atoms with E-state index >= 15 is 0 Å². The molecule has 6 heteroatoms. The highest BCUT2D eigenvalue weighted by atomic mass is 35.5. The molecule has 3 rings (SSSR count). The second kappa shape index (κ2) is 6.07. The van der Waals surface area contributed by atoms with Crippen molar-refractivity contribution >= 4 is 32.8 Å². The highest BCUT2D eigenvalue weighted by Gasteiger charge is 2.14. The Labute approximate surface area is 143 Å². The third kappa shape index (κ3) is 3.47. The standard InChI is InChI=1S/C17H12ClFO2S2/c1-23(20,21)14-8-4-12(5-9-14)17-15(10-16(18)22-17)11-2-6-13(19)7-3-11/h2-10H,1H3. The fourth-order valence-corrected chi connectivity index (χ4v) is 4.16.